The second kappa shape index (κ2) is 6.54. The lowest BCUT2D eigenvalue weighted by molar-refractivity contribution is -0.128. The Morgan fingerprint density at radius 1 is 1.15 bits per heavy atom. The minimum atomic E-state index is -0.778. The Morgan fingerprint density at radius 2 is 1.89 bits per heavy atom. The van der Waals surface area contributed by atoms with Gasteiger partial charge in [-0.1, -0.05) is 24.3 Å². The fraction of sp³-hybridized carbons (Fsp3) is 0.238. The van der Waals surface area contributed by atoms with Gasteiger partial charge in [-0.2, -0.15) is 0 Å². The molecule has 1 aliphatic rings. The highest BCUT2D eigenvalue weighted by atomic mass is 19.1. The molecule has 138 valence electrons. The molecule has 1 unspecified atom stereocenters. The van der Waals surface area contributed by atoms with Gasteiger partial charge in [0.25, 0.3) is 5.91 Å². The number of hydrogen-bond donors (Lipinski definition) is 2. The number of carbonyl (C=O) groups is 2. The molecule has 6 heteroatoms. The number of aromatic nitrogens is 1. The van der Waals surface area contributed by atoms with Crippen LogP contribution < -0.4 is 5.32 Å². The van der Waals surface area contributed by atoms with E-state index in [0.29, 0.717) is 24.2 Å². The summed E-state index contributed by atoms with van der Waals surface area (Å²) in [5.74, 6) is -0.854. The zero-order chi connectivity index (χ0) is 19.1. The second-order valence-electron chi connectivity index (χ2n) is 6.85. The van der Waals surface area contributed by atoms with Crippen molar-refractivity contribution in [1.82, 2.24) is 15.2 Å². The number of fused-ring (bicyclic) bond motifs is 1. The number of H-pyrrole nitrogens is 1. The molecule has 2 N–H and O–H groups in total. The van der Waals surface area contributed by atoms with Crippen LogP contribution in [0.3, 0.4) is 0 Å². The monoisotopic (exact) mass is 365 g/mol. The number of rotatable bonds is 2. The molecule has 1 atom stereocenters. The molecule has 0 aliphatic carbocycles. The van der Waals surface area contributed by atoms with Crippen molar-refractivity contribution in [2.45, 2.75) is 19.9 Å². The molecular formula is C21H20FN3O2. The van der Waals surface area contributed by atoms with Crippen LogP contribution in [0.1, 0.15) is 33.2 Å². The van der Waals surface area contributed by atoms with Crippen LogP contribution in [0.5, 0.6) is 0 Å². The third-order valence-corrected chi connectivity index (χ3v) is 5.23. The SMILES string of the molecule is Cc1[nH]c2c(C(=O)N3CCNC(=O)C3c3ccc(F)cc3)cccc2c1C. The van der Waals surface area contributed by atoms with E-state index in [2.05, 4.69) is 10.3 Å². The van der Waals surface area contributed by atoms with E-state index in [0.717, 1.165) is 22.2 Å². The molecule has 5 nitrogen and oxygen atoms in total. The Labute approximate surface area is 156 Å². The summed E-state index contributed by atoms with van der Waals surface area (Å²) in [5, 5.41) is 3.80. The molecule has 0 saturated carbocycles. The summed E-state index contributed by atoms with van der Waals surface area (Å²) in [6, 6.07) is 10.5. The smallest absolute Gasteiger partial charge is 0.257 e. The summed E-state index contributed by atoms with van der Waals surface area (Å²) in [7, 11) is 0. The van der Waals surface area contributed by atoms with Gasteiger partial charge in [0, 0.05) is 24.2 Å². The van der Waals surface area contributed by atoms with Gasteiger partial charge in [0.2, 0.25) is 5.91 Å². The maximum Gasteiger partial charge on any atom is 0.257 e. The van der Waals surface area contributed by atoms with Crippen LogP contribution in [0.4, 0.5) is 4.39 Å². The van der Waals surface area contributed by atoms with Crippen molar-refractivity contribution in [3.8, 4) is 0 Å². The predicted molar refractivity (Wildman–Crippen MR) is 101 cm³/mol. The van der Waals surface area contributed by atoms with E-state index in [-0.39, 0.29) is 17.6 Å². The van der Waals surface area contributed by atoms with Gasteiger partial charge in [-0.15, -0.1) is 0 Å². The van der Waals surface area contributed by atoms with Gasteiger partial charge in [-0.3, -0.25) is 9.59 Å². The van der Waals surface area contributed by atoms with E-state index in [1.54, 1.807) is 23.1 Å². The van der Waals surface area contributed by atoms with E-state index in [4.69, 9.17) is 0 Å². The van der Waals surface area contributed by atoms with E-state index < -0.39 is 6.04 Å². The quantitative estimate of drug-likeness (QED) is 0.732. The zero-order valence-corrected chi connectivity index (χ0v) is 15.2. The third-order valence-electron chi connectivity index (χ3n) is 5.23. The number of carbonyl (C=O) groups excluding carboxylic acids is 2. The minimum Gasteiger partial charge on any atom is -0.358 e. The van der Waals surface area contributed by atoms with E-state index in [1.807, 2.05) is 26.0 Å². The standard InChI is InChI=1S/C21H20FN3O2/c1-12-13(2)24-18-16(12)4-3-5-17(18)21(27)25-11-10-23-20(26)19(25)14-6-8-15(22)9-7-14/h3-9,19,24H,10-11H2,1-2H3,(H,23,26). The molecule has 1 aliphatic heterocycles. The Kier molecular flexibility index (Phi) is 4.18. The van der Waals surface area contributed by atoms with Crippen LogP contribution in [-0.4, -0.2) is 34.8 Å². The first-order valence-corrected chi connectivity index (χ1v) is 8.89. The van der Waals surface area contributed by atoms with Crippen LogP contribution in [-0.2, 0) is 4.79 Å². The molecule has 0 bridgehead atoms. The lowest BCUT2D eigenvalue weighted by atomic mass is 10.00. The lowest BCUT2D eigenvalue weighted by Crippen LogP contribution is -2.52. The van der Waals surface area contributed by atoms with Crippen LogP contribution >= 0.6 is 0 Å². The van der Waals surface area contributed by atoms with Gasteiger partial charge in [-0.05, 0) is 43.2 Å². The van der Waals surface area contributed by atoms with Crippen molar-refractivity contribution in [2.75, 3.05) is 13.1 Å². The fourth-order valence-electron chi connectivity index (χ4n) is 3.68. The summed E-state index contributed by atoms with van der Waals surface area (Å²) >= 11 is 0. The molecule has 4 rings (SSSR count). The van der Waals surface area contributed by atoms with Crippen molar-refractivity contribution in [1.29, 1.82) is 0 Å². The molecule has 2 amide bonds. The van der Waals surface area contributed by atoms with Crippen LogP contribution in [0, 0.1) is 19.7 Å². The number of piperazine rings is 1. The van der Waals surface area contributed by atoms with Crippen LogP contribution in [0.15, 0.2) is 42.5 Å². The summed E-state index contributed by atoms with van der Waals surface area (Å²) in [4.78, 5) is 30.8. The van der Waals surface area contributed by atoms with Crippen molar-refractivity contribution in [3.05, 3.63) is 70.7 Å². The van der Waals surface area contributed by atoms with Crippen LogP contribution in [0.2, 0.25) is 0 Å². The summed E-state index contributed by atoms with van der Waals surface area (Å²) < 4.78 is 13.3. The summed E-state index contributed by atoms with van der Waals surface area (Å²) in [6.45, 7) is 4.76. The van der Waals surface area contributed by atoms with Crippen molar-refractivity contribution < 1.29 is 14.0 Å². The summed E-state index contributed by atoms with van der Waals surface area (Å²) in [6.07, 6.45) is 0. The molecule has 2 aromatic carbocycles. The number of nitrogens with one attached hydrogen (secondary N) is 2. The number of amides is 2. The largest absolute Gasteiger partial charge is 0.358 e. The Morgan fingerprint density at radius 3 is 2.63 bits per heavy atom. The van der Waals surface area contributed by atoms with Gasteiger partial charge in [0.05, 0.1) is 11.1 Å². The molecule has 3 aromatic rings. The second-order valence-corrected chi connectivity index (χ2v) is 6.85. The fourth-order valence-corrected chi connectivity index (χ4v) is 3.68. The third kappa shape index (κ3) is 2.87. The number of halogens is 1. The van der Waals surface area contributed by atoms with Crippen molar-refractivity contribution in [2.24, 2.45) is 0 Å². The topological polar surface area (TPSA) is 65.2 Å². The number of para-hydroxylation sites is 1. The molecular weight excluding hydrogens is 345 g/mol. The average Bonchev–Trinajstić information content (AvgIpc) is 2.96. The number of nitrogens with zero attached hydrogens (tertiary/aromatic N) is 1. The normalized spacial score (nSPS) is 17.2. The van der Waals surface area contributed by atoms with Gasteiger partial charge in [0.1, 0.15) is 11.9 Å². The van der Waals surface area contributed by atoms with Crippen molar-refractivity contribution >= 4 is 22.7 Å². The first kappa shape index (κ1) is 17.3. The zero-order valence-electron chi connectivity index (χ0n) is 15.2. The van der Waals surface area contributed by atoms with Gasteiger partial charge in [0.15, 0.2) is 0 Å². The number of hydrogen-bond acceptors (Lipinski definition) is 2. The van der Waals surface area contributed by atoms with Gasteiger partial charge >= 0.3 is 0 Å². The average molecular weight is 365 g/mol. The molecule has 1 fully saturated rings. The highest BCUT2D eigenvalue weighted by molar-refractivity contribution is 6.08. The Hall–Kier alpha value is -3.15. The van der Waals surface area contributed by atoms with E-state index >= 15 is 0 Å². The van der Waals surface area contributed by atoms with E-state index in [1.165, 1.54) is 12.1 Å². The van der Waals surface area contributed by atoms with Gasteiger partial charge in [-0.25, -0.2) is 4.39 Å². The predicted octanol–water partition coefficient (Wildman–Crippen LogP) is 3.24. The Balaban J connectivity index is 1.78. The highest BCUT2D eigenvalue weighted by Gasteiger charge is 2.35. The summed E-state index contributed by atoms with van der Waals surface area (Å²) in [5.41, 5.74) is 4.02. The lowest BCUT2D eigenvalue weighted by Gasteiger charge is -2.35. The maximum absolute atomic E-state index is 13.4. The van der Waals surface area contributed by atoms with Crippen LogP contribution in [0.25, 0.3) is 10.9 Å². The minimum absolute atomic E-state index is 0.217. The molecule has 1 aromatic heterocycles. The van der Waals surface area contributed by atoms with E-state index in [9.17, 15) is 14.0 Å². The molecule has 1 saturated heterocycles. The Bertz CT molecular complexity index is 1040. The number of aryl methyl sites for hydroxylation is 2. The highest BCUT2D eigenvalue weighted by Crippen LogP contribution is 2.29. The maximum atomic E-state index is 13.4. The first-order chi connectivity index (χ1) is 13.0. The molecule has 0 radical (unpaired) electrons. The molecule has 2 heterocycles. The number of benzene rings is 2. The first-order valence-electron chi connectivity index (χ1n) is 8.89. The molecule has 0 spiro atoms. The number of aromatic amines is 1. The molecule has 27 heavy (non-hydrogen) atoms. The van der Waals surface area contributed by atoms with Gasteiger partial charge < -0.3 is 15.2 Å². The van der Waals surface area contributed by atoms with Crippen molar-refractivity contribution in [3.63, 3.8) is 0 Å².